The molecular weight excluding hydrogens is 259 g/mol. The maximum atomic E-state index is 13.3. The molecule has 0 aromatic heterocycles. The van der Waals surface area contributed by atoms with Crippen molar-refractivity contribution in [3.8, 4) is 5.75 Å². The lowest BCUT2D eigenvalue weighted by Crippen LogP contribution is -2.26. The molecule has 1 aromatic rings. The Bertz CT molecular complexity index is 457. The first-order chi connectivity index (χ1) is 9.40. The van der Waals surface area contributed by atoms with E-state index in [-0.39, 0.29) is 29.7 Å². The molecule has 20 heavy (non-hydrogen) atoms. The van der Waals surface area contributed by atoms with Gasteiger partial charge in [-0.15, -0.1) is 0 Å². The fraction of sp³-hybridized carbons (Fsp3) is 0.562. The van der Waals surface area contributed by atoms with Gasteiger partial charge in [0, 0.05) is 24.0 Å². The van der Waals surface area contributed by atoms with Crippen molar-refractivity contribution in [3.63, 3.8) is 0 Å². The van der Waals surface area contributed by atoms with Gasteiger partial charge < -0.3 is 9.47 Å². The summed E-state index contributed by atoms with van der Waals surface area (Å²) >= 11 is 0. The van der Waals surface area contributed by atoms with Gasteiger partial charge in [0.15, 0.2) is 0 Å². The summed E-state index contributed by atoms with van der Waals surface area (Å²) in [5, 5.41) is 0. The van der Waals surface area contributed by atoms with Crippen LogP contribution < -0.4 is 4.74 Å². The Kier molecular flexibility index (Phi) is 5.99. The van der Waals surface area contributed by atoms with Crippen LogP contribution in [0.1, 0.15) is 45.6 Å². The lowest BCUT2D eigenvalue weighted by molar-refractivity contribution is -0.149. The van der Waals surface area contributed by atoms with E-state index < -0.39 is 0 Å². The van der Waals surface area contributed by atoms with Gasteiger partial charge in [0.05, 0.1) is 7.11 Å². The van der Waals surface area contributed by atoms with Crippen molar-refractivity contribution in [2.75, 3.05) is 7.11 Å². The summed E-state index contributed by atoms with van der Waals surface area (Å²) in [6, 6.07) is 4.47. The Morgan fingerprint density at radius 2 is 1.95 bits per heavy atom. The van der Waals surface area contributed by atoms with Gasteiger partial charge >= 0.3 is 5.97 Å². The summed E-state index contributed by atoms with van der Waals surface area (Å²) in [7, 11) is 1.51. The van der Waals surface area contributed by atoms with E-state index in [2.05, 4.69) is 0 Å². The number of carbonyl (C=O) groups is 1. The van der Waals surface area contributed by atoms with Gasteiger partial charge in [-0.2, -0.15) is 0 Å². The van der Waals surface area contributed by atoms with Gasteiger partial charge in [-0.05, 0) is 18.9 Å². The lowest BCUT2D eigenvalue weighted by atomic mass is 9.84. The molecule has 2 unspecified atom stereocenters. The predicted octanol–water partition coefficient (Wildman–Crippen LogP) is 3.92. The summed E-state index contributed by atoms with van der Waals surface area (Å²) in [5.74, 6) is 0.105. The molecule has 0 saturated carbocycles. The summed E-state index contributed by atoms with van der Waals surface area (Å²) in [6.07, 6.45) is 0.0530. The predicted molar refractivity (Wildman–Crippen MR) is 76.4 cm³/mol. The minimum Gasteiger partial charge on any atom is -0.496 e. The maximum Gasteiger partial charge on any atom is 0.305 e. The minimum absolute atomic E-state index is 0.0407. The maximum absolute atomic E-state index is 13.3. The van der Waals surface area contributed by atoms with E-state index in [1.165, 1.54) is 19.2 Å². The van der Waals surface area contributed by atoms with E-state index in [1.54, 1.807) is 13.0 Å². The number of rotatable bonds is 6. The van der Waals surface area contributed by atoms with Gasteiger partial charge in [0.1, 0.15) is 17.7 Å². The standard InChI is InChI=1S/C16H23FO3/c1-6-15(18)20-11(4)16(10(2)3)13-8-7-12(17)9-14(13)19-5/h7-11,16H,6H2,1-5H3. The largest absolute Gasteiger partial charge is 0.496 e. The quantitative estimate of drug-likeness (QED) is 0.742. The van der Waals surface area contributed by atoms with Crippen molar-refractivity contribution in [3.05, 3.63) is 29.6 Å². The van der Waals surface area contributed by atoms with Crippen LogP contribution in [0, 0.1) is 11.7 Å². The Morgan fingerprint density at radius 3 is 2.45 bits per heavy atom. The van der Waals surface area contributed by atoms with Crippen LogP contribution >= 0.6 is 0 Å². The van der Waals surface area contributed by atoms with Crippen molar-refractivity contribution in [2.24, 2.45) is 5.92 Å². The molecule has 0 bridgehead atoms. The molecule has 0 fully saturated rings. The third-order valence-electron chi connectivity index (χ3n) is 3.38. The van der Waals surface area contributed by atoms with Gasteiger partial charge in [-0.3, -0.25) is 4.79 Å². The van der Waals surface area contributed by atoms with E-state index in [0.717, 1.165) is 5.56 Å². The monoisotopic (exact) mass is 282 g/mol. The average Bonchev–Trinajstić information content (AvgIpc) is 2.39. The first-order valence-corrected chi connectivity index (χ1v) is 6.93. The zero-order chi connectivity index (χ0) is 15.3. The van der Waals surface area contributed by atoms with Crippen LogP contribution in [0.2, 0.25) is 0 Å². The van der Waals surface area contributed by atoms with Crippen LogP contribution in [0.5, 0.6) is 5.75 Å². The molecule has 0 saturated heterocycles. The van der Waals surface area contributed by atoms with E-state index in [1.807, 2.05) is 20.8 Å². The van der Waals surface area contributed by atoms with Gasteiger partial charge in [0.25, 0.3) is 0 Å². The highest BCUT2D eigenvalue weighted by atomic mass is 19.1. The molecule has 3 nitrogen and oxygen atoms in total. The first kappa shape index (κ1) is 16.5. The molecule has 0 spiro atoms. The summed E-state index contributed by atoms with van der Waals surface area (Å²) in [6.45, 7) is 7.71. The zero-order valence-corrected chi connectivity index (χ0v) is 12.8. The molecule has 0 aliphatic rings. The number of hydrogen-bond acceptors (Lipinski definition) is 3. The average molecular weight is 282 g/mol. The highest BCUT2D eigenvalue weighted by Crippen LogP contribution is 2.36. The van der Waals surface area contributed by atoms with E-state index in [0.29, 0.717) is 12.2 Å². The topological polar surface area (TPSA) is 35.5 Å². The molecule has 0 radical (unpaired) electrons. The third kappa shape index (κ3) is 3.95. The molecule has 0 aliphatic carbocycles. The molecule has 0 aliphatic heterocycles. The lowest BCUT2D eigenvalue weighted by Gasteiger charge is -2.29. The number of esters is 1. The normalized spacial score (nSPS) is 13.9. The van der Waals surface area contributed by atoms with Gasteiger partial charge in [0.2, 0.25) is 0 Å². The Morgan fingerprint density at radius 1 is 1.30 bits per heavy atom. The van der Waals surface area contributed by atoms with Crippen LogP contribution in [-0.4, -0.2) is 19.2 Å². The van der Waals surface area contributed by atoms with E-state index >= 15 is 0 Å². The summed E-state index contributed by atoms with van der Waals surface area (Å²) in [4.78, 5) is 11.5. The van der Waals surface area contributed by atoms with Gasteiger partial charge in [-0.1, -0.05) is 26.8 Å². The number of carbonyl (C=O) groups excluding carboxylic acids is 1. The fourth-order valence-corrected chi connectivity index (χ4v) is 2.48. The number of halogens is 1. The van der Waals surface area contributed by atoms with E-state index in [4.69, 9.17) is 9.47 Å². The molecule has 0 N–H and O–H groups in total. The number of benzene rings is 1. The van der Waals surface area contributed by atoms with Crippen LogP contribution in [0.4, 0.5) is 4.39 Å². The van der Waals surface area contributed by atoms with Crippen molar-refractivity contribution in [1.82, 2.24) is 0 Å². The highest BCUT2D eigenvalue weighted by molar-refractivity contribution is 5.69. The van der Waals surface area contributed by atoms with E-state index in [9.17, 15) is 9.18 Å². The Hall–Kier alpha value is -1.58. The fourth-order valence-electron chi connectivity index (χ4n) is 2.48. The van der Waals surface area contributed by atoms with Crippen LogP contribution in [-0.2, 0) is 9.53 Å². The molecular formula is C16H23FO3. The molecule has 2 atom stereocenters. The minimum atomic E-state index is -0.341. The van der Waals surface area contributed by atoms with Crippen LogP contribution in [0.15, 0.2) is 18.2 Å². The Balaban J connectivity index is 3.10. The van der Waals surface area contributed by atoms with Crippen molar-refractivity contribution in [1.29, 1.82) is 0 Å². The molecule has 1 aromatic carbocycles. The van der Waals surface area contributed by atoms with Gasteiger partial charge in [-0.25, -0.2) is 4.39 Å². The second-order valence-electron chi connectivity index (χ2n) is 5.20. The smallest absolute Gasteiger partial charge is 0.305 e. The van der Waals surface area contributed by atoms with Crippen molar-refractivity contribution in [2.45, 2.75) is 46.1 Å². The number of hydrogen-bond donors (Lipinski definition) is 0. The highest BCUT2D eigenvalue weighted by Gasteiger charge is 2.28. The summed E-state index contributed by atoms with van der Waals surface area (Å²) in [5.41, 5.74) is 0.861. The van der Waals surface area contributed by atoms with Crippen molar-refractivity contribution < 1.29 is 18.7 Å². The summed E-state index contributed by atoms with van der Waals surface area (Å²) < 4.78 is 24.0. The first-order valence-electron chi connectivity index (χ1n) is 6.93. The molecule has 0 amide bonds. The molecule has 4 heteroatoms. The van der Waals surface area contributed by atoms with Crippen LogP contribution in [0.25, 0.3) is 0 Å². The Labute approximate surface area is 120 Å². The molecule has 1 rings (SSSR count). The second-order valence-corrected chi connectivity index (χ2v) is 5.20. The third-order valence-corrected chi connectivity index (χ3v) is 3.38. The molecule has 112 valence electrons. The van der Waals surface area contributed by atoms with Crippen molar-refractivity contribution >= 4 is 5.97 Å². The molecule has 0 heterocycles. The number of methoxy groups -OCH3 is 1. The SMILES string of the molecule is CCC(=O)OC(C)C(c1ccc(F)cc1OC)C(C)C. The second kappa shape index (κ2) is 7.27. The van der Waals surface area contributed by atoms with Crippen LogP contribution in [0.3, 0.4) is 0 Å². The number of ether oxygens (including phenoxy) is 2. The zero-order valence-electron chi connectivity index (χ0n) is 12.8.